The zero-order valence-electron chi connectivity index (χ0n) is 18.9. The summed E-state index contributed by atoms with van der Waals surface area (Å²) in [6, 6.07) is 0. The van der Waals surface area contributed by atoms with E-state index in [9.17, 15) is 4.79 Å². The molecule has 2 heteroatoms. The number of carbonyl (C=O) groups excluding carboxylic acids is 1. The number of allylic oxidation sites excluding steroid dienone is 2. The Balaban J connectivity index is 1.70. The summed E-state index contributed by atoms with van der Waals surface area (Å²) in [5, 5.41) is 0. The van der Waals surface area contributed by atoms with Crippen molar-refractivity contribution in [2.24, 2.45) is 5.92 Å². The molecule has 1 fully saturated rings. The quantitative estimate of drug-likeness (QED) is 0.111. The maximum absolute atomic E-state index is 11.7. The van der Waals surface area contributed by atoms with Crippen LogP contribution >= 0.6 is 0 Å². The normalized spacial score (nSPS) is 14.0. The van der Waals surface area contributed by atoms with Gasteiger partial charge in [0.25, 0.3) is 0 Å². The van der Waals surface area contributed by atoms with Crippen molar-refractivity contribution in [3.8, 4) is 0 Å². The molecule has 28 heavy (non-hydrogen) atoms. The standard InChI is InChI=1S/C26H48O2/c1-2-3-4-5-6-7-8-9-10-11-12-13-16-19-24-28-26(27)21-18-15-14-17-20-25-22-23-25/h7-8,25H,2-6,9-24H2,1H3/b8-7+. The first kappa shape index (κ1) is 25.2. The van der Waals surface area contributed by atoms with Crippen molar-refractivity contribution < 1.29 is 9.53 Å². The highest BCUT2D eigenvalue weighted by molar-refractivity contribution is 5.69. The molecule has 2 nitrogen and oxygen atoms in total. The van der Waals surface area contributed by atoms with Gasteiger partial charge in [0.1, 0.15) is 0 Å². The highest BCUT2D eigenvalue weighted by atomic mass is 16.5. The lowest BCUT2D eigenvalue weighted by Gasteiger charge is -2.05. The maximum Gasteiger partial charge on any atom is 0.305 e. The molecule has 0 unspecified atom stereocenters. The first-order valence-electron chi connectivity index (χ1n) is 12.6. The van der Waals surface area contributed by atoms with Crippen molar-refractivity contribution in [3.63, 3.8) is 0 Å². The monoisotopic (exact) mass is 392 g/mol. The second-order valence-corrected chi connectivity index (χ2v) is 8.85. The minimum Gasteiger partial charge on any atom is -0.466 e. The smallest absolute Gasteiger partial charge is 0.305 e. The Labute approximate surface area is 175 Å². The second-order valence-electron chi connectivity index (χ2n) is 8.85. The summed E-state index contributed by atoms with van der Waals surface area (Å²) >= 11 is 0. The fourth-order valence-electron chi connectivity index (χ4n) is 3.72. The number of hydrogen-bond acceptors (Lipinski definition) is 2. The van der Waals surface area contributed by atoms with Gasteiger partial charge in [-0.3, -0.25) is 4.79 Å². The number of ether oxygens (including phenoxy) is 1. The lowest BCUT2D eigenvalue weighted by molar-refractivity contribution is -0.143. The van der Waals surface area contributed by atoms with Gasteiger partial charge >= 0.3 is 5.97 Å². The SMILES string of the molecule is CCCCCC/C=C/CCCCCCCCOC(=O)CCCCCCC1CC1. The summed E-state index contributed by atoms with van der Waals surface area (Å²) in [5.41, 5.74) is 0. The van der Waals surface area contributed by atoms with Crippen LogP contribution < -0.4 is 0 Å². The molecule has 0 bridgehead atoms. The van der Waals surface area contributed by atoms with Gasteiger partial charge in [0.15, 0.2) is 0 Å². The van der Waals surface area contributed by atoms with E-state index in [1.807, 2.05) is 0 Å². The minimum atomic E-state index is 0.0173. The van der Waals surface area contributed by atoms with Gasteiger partial charge in [0.05, 0.1) is 6.61 Å². The van der Waals surface area contributed by atoms with E-state index in [2.05, 4.69) is 19.1 Å². The molecule has 0 aliphatic heterocycles. The number of rotatable bonds is 21. The second kappa shape index (κ2) is 19.5. The topological polar surface area (TPSA) is 26.3 Å². The molecule has 0 N–H and O–H groups in total. The van der Waals surface area contributed by atoms with E-state index >= 15 is 0 Å². The fraction of sp³-hybridized carbons (Fsp3) is 0.885. The lowest BCUT2D eigenvalue weighted by Crippen LogP contribution is -2.05. The van der Waals surface area contributed by atoms with Gasteiger partial charge in [-0.25, -0.2) is 0 Å². The van der Waals surface area contributed by atoms with E-state index in [0.717, 1.165) is 18.8 Å². The van der Waals surface area contributed by atoms with Crippen LogP contribution in [0.25, 0.3) is 0 Å². The van der Waals surface area contributed by atoms with Gasteiger partial charge < -0.3 is 4.74 Å². The number of esters is 1. The number of carbonyl (C=O) groups is 1. The third kappa shape index (κ3) is 18.6. The van der Waals surface area contributed by atoms with Crippen LogP contribution in [-0.2, 0) is 9.53 Å². The molecular formula is C26H48O2. The van der Waals surface area contributed by atoms with Crippen LogP contribution in [0.3, 0.4) is 0 Å². The molecule has 1 rings (SSSR count). The van der Waals surface area contributed by atoms with E-state index < -0.39 is 0 Å². The molecule has 0 spiro atoms. The molecular weight excluding hydrogens is 344 g/mol. The first-order chi connectivity index (χ1) is 13.8. The fourth-order valence-corrected chi connectivity index (χ4v) is 3.72. The van der Waals surface area contributed by atoms with Crippen LogP contribution in [-0.4, -0.2) is 12.6 Å². The molecule has 1 aliphatic rings. The van der Waals surface area contributed by atoms with Gasteiger partial charge in [0.2, 0.25) is 0 Å². The predicted octanol–water partition coefficient (Wildman–Crippen LogP) is 8.54. The molecule has 0 amide bonds. The molecule has 164 valence electrons. The van der Waals surface area contributed by atoms with E-state index in [-0.39, 0.29) is 5.97 Å². The summed E-state index contributed by atoms with van der Waals surface area (Å²) < 4.78 is 5.36. The third-order valence-electron chi connectivity index (χ3n) is 5.86. The summed E-state index contributed by atoms with van der Waals surface area (Å²) in [6.45, 7) is 2.89. The van der Waals surface area contributed by atoms with Crippen molar-refractivity contribution in [2.45, 2.75) is 135 Å². The molecule has 1 aliphatic carbocycles. The Bertz CT molecular complexity index is 371. The highest BCUT2D eigenvalue weighted by Gasteiger charge is 2.19. The molecule has 0 heterocycles. The molecule has 1 saturated carbocycles. The van der Waals surface area contributed by atoms with Crippen molar-refractivity contribution in [3.05, 3.63) is 12.2 Å². The maximum atomic E-state index is 11.7. The van der Waals surface area contributed by atoms with Crippen molar-refractivity contribution in [1.29, 1.82) is 0 Å². The average Bonchev–Trinajstić information content (AvgIpc) is 3.52. The molecule has 0 aromatic heterocycles. The predicted molar refractivity (Wildman–Crippen MR) is 122 cm³/mol. The van der Waals surface area contributed by atoms with Crippen molar-refractivity contribution >= 4 is 5.97 Å². The number of hydrogen-bond donors (Lipinski definition) is 0. The zero-order valence-corrected chi connectivity index (χ0v) is 18.9. The summed E-state index contributed by atoms with van der Waals surface area (Å²) in [6.07, 6.45) is 30.0. The van der Waals surface area contributed by atoms with E-state index in [0.29, 0.717) is 13.0 Å². The van der Waals surface area contributed by atoms with Crippen LogP contribution in [0, 0.1) is 5.92 Å². The average molecular weight is 393 g/mol. The summed E-state index contributed by atoms with van der Waals surface area (Å²) in [7, 11) is 0. The van der Waals surface area contributed by atoms with Gasteiger partial charge in [-0.15, -0.1) is 0 Å². The summed E-state index contributed by atoms with van der Waals surface area (Å²) in [4.78, 5) is 11.7. The Morgan fingerprint density at radius 1 is 0.750 bits per heavy atom. The first-order valence-corrected chi connectivity index (χ1v) is 12.6. The van der Waals surface area contributed by atoms with Crippen molar-refractivity contribution in [1.82, 2.24) is 0 Å². The Morgan fingerprint density at radius 2 is 1.32 bits per heavy atom. The van der Waals surface area contributed by atoms with Crippen LogP contribution in [0.1, 0.15) is 135 Å². The molecule has 0 aromatic rings. The number of unbranched alkanes of at least 4 members (excludes halogenated alkanes) is 13. The minimum absolute atomic E-state index is 0.0173. The third-order valence-corrected chi connectivity index (χ3v) is 5.86. The van der Waals surface area contributed by atoms with Gasteiger partial charge in [-0.1, -0.05) is 103 Å². The molecule has 0 radical (unpaired) electrons. The van der Waals surface area contributed by atoms with Crippen LogP contribution in [0.2, 0.25) is 0 Å². The van der Waals surface area contributed by atoms with Crippen molar-refractivity contribution in [2.75, 3.05) is 6.61 Å². The van der Waals surface area contributed by atoms with E-state index in [1.165, 1.54) is 109 Å². The summed E-state index contributed by atoms with van der Waals surface area (Å²) in [5.74, 6) is 1.07. The molecule has 0 saturated heterocycles. The van der Waals surface area contributed by atoms with Crippen LogP contribution in [0.4, 0.5) is 0 Å². The largest absolute Gasteiger partial charge is 0.466 e. The van der Waals surface area contributed by atoms with Gasteiger partial charge in [-0.2, -0.15) is 0 Å². The zero-order chi connectivity index (χ0) is 20.1. The van der Waals surface area contributed by atoms with E-state index in [4.69, 9.17) is 4.74 Å². The Hall–Kier alpha value is -0.790. The molecule has 0 atom stereocenters. The van der Waals surface area contributed by atoms with Gasteiger partial charge in [-0.05, 0) is 44.4 Å². The Kier molecular flexibility index (Phi) is 17.6. The van der Waals surface area contributed by atoms with E-state index in [1.54, 1.807) is 0 Å². The highest BCUT2D eigenvalue weighted by Crippen LogP contribution is 2.34. The van der Waals surface area contributed by atoms with Gasteiger partial charge in [0, 0.05) is 6.42 Å². The molecule has 0 aromatic carbocycles. The lowest BCUT2D eigenvalue weighted by atomic mass is 10.1. The van der Waals surface area contributed by atoms with Crippen LogP contribution in [0.5, 0.6) is 0 Å². The van der Waals surface area contributed by atoms with Crippen LogP contribution in [0.15, 0.2) is 12.2 Å². The Morgan fingerprint density at radius 3 is 2.00 bits per heavy atom.